The highest BCUT2D eigenvalue weighted by atomic mass is 35.5. The summed E-state index contributed by atoms with van der Waals surface area (Å²) >= 11 is 7.73. The molecule has 0 radical (unpaired) electrons. The van der Waals surface area contributed by atoms with Crippen LogP contribution in [0.1, 0.15) is 10.4 Å². The zero-order valence-electron chi connectivity index (χ0n) is 10.0. The standard InChI is InChI=1S/C12H13ClN2O3S/c13-8-5-7(11(14)16)1-2-9(8)15-3-4-19-6-10(15)12(17)18/h1-2,5,10H,3-4,6H2,(H2,14,16)(H,17,18). The molecule has 1 heterocycles. The van der Waals surface area contributed by atoms with Crippen molar-refractivity contribution in [1.29, 1.82) is 0 Å². The summed E-state index contributed by atoms with van der Waals surface area (Å²) in [5.74, 6) is -0.0688. The van der Waals surface area contributed by atoms with Gasteiger partial charge in [-0.3, -0.25) is 4.79 Å². The number of carboxylic acid groups (broad SMARTS) is 1. The number of anilines is 1. The van der Waals surface area contributed by atoms with Crippen molar-refractivity contribution < 1.29 is 14.7 Å². The first kappa shape index (κ1) is 14.0. The number of amides is 1. The third kappa shape index (κ3) is 2.96. The summed E-state index contributed by atoms with van der Waals surface area (Å²) in [5, 5.41) is 9.57. The lowest BCUT2D eigenvalue weighted by molar-refractivity contribution is -0.138. The van der Waals surface area contributed by atoms with E-state index in [9.17, 15) is 14.7 Å². The molecule has 0 aliphatic carbocycles. The lowest BCUT2D eigenvalue weighted by atomic mass is 10.1. The Morgan fingerprint density at radius 2 is 2.21 bits per heavy atom. The van der Waals surface area contributed by atoms with E-state index in [4.69, 9.17) is 17.3 Å². The molecule has 0 spiro atoms. The van der Waals surface area contributed by atoms with E-state index in [1.807, 2.05) is 0 Å². The van der Waals surface area contributed by atoms with Crippen molar-refractivity contribution in [1.82, 2.24) is 0 Å². The number of rotatable bonds is 3. The Bertz CT molecular complexity index is 524. The number of nitrogens with zero attached hydrogens (tertiary/aromatic N) is 1. The molecule has 0 saturated carbocycles. The van der Waals surface area contributed by atoms with Gasteiger partial charge >= 0.3 is 5.97 Å². The number of primary amides is 1. The summed E-state index contributed by atoms with van der Waals surface area (Å²) < 4.78 is 0. The lowest BCUT2D eigenvalue weighted by Gasteiger charge is -2.35. The van der Waals surface area contributed by atoms with Gasteiger partial charge in [-0.25, -0.2) is 4.79 Å². The number of aliphatic carboxylic acids is 1. The SMILES string of the molecule is NC(=O)c1ccc(N2CCSCC2C(=O)O)c(Cl)c1. The molecule has 1 atom stereocenters. The Hall–Kier alpha value is -1.40. The van der Waals surface area contributed by atoms with Gasteiger partial charge in [-0.2, -0.15) is 11.8 Å². The zero-order chi connectivity index (χ0) is 14.0. The minimum absolute atomic E-state index is 0.312. The van der Waals surface area contributed by atoms with Crippen LogP contribution in [0.2, 0.25) is 5.02 Å². The first-order chi connectivity index (χ1) is 9.00. The van der Waals surface area contributed by atoms with Crippen molar-refractivity contribution in [3.8, 4) is 0 Å². The largest absolute Gasteiger partial charge is 0.480 e. The van der Waals surface area contributed by atoms with Crippen LogP contribution in [0.15, 0.2) is 18.2 Å². The van der Waals surface area contributed by atoms with Gasteiger partial charge in [-0.15, -0.1) is 0 Å². The molecule has 0 bridgehead atoms. The fourth-order valence-corrected chi connectivity index (χ4v) is 3.32. The number of halogens is 1. The van der Waals surface area contributed by atoms with Crippen LogP contribution in [0.25, 0.3) is 0 Å². The van der Waals surface area contributed by atoms with E-state index in [2.05, 4.69) is 0 Å². The van der Waals surface area contributed by atoms with E-state index < -0.39 is 17.9 Å². The fraction of sp³-hybridized carbons (Fsp3) is 0.333. The van der Waals surface area contributed by atoms with Crippen molar-refractivity contribution in [2.75, 3.05) is 23.0 Å². The Morgan fingerprint density at radius 1 is 1.47 bits per heavy atom. The van der Waals surface area contributed by atoms with Crippen LogP contribution in [0.4, 0.5) is 5.69 Å². The van der Waals surface area contributed by atoms with Crippen molar-refractivity contribution in [3.63, 3.8) is 0 Å². The summed E-state index contributed by atoms with van der Waals surface area (Å²) in [6.07, 6.45) is 0. The second-order valence-corrected chi connectivity index (χ2v) is 5.71. The monoisotopic (exact) mass is 300 g/mol. The number of hydrogen-bond donors (Lipinski definition) is 2. The number of benzene rings is 1. The average Bonchev–Trinajstić information content (AvgIpc) is 2.38. The molecule has 7 heteroatoms. The van der Waals surface area contributed by atoms with Crippen molar-refractivity contribution in [2.45, 2.75) is 6.04 Å². The van der Waals surface area contributed by atoms with Gasteiger partial charge in [0.1, 0.15) is 6.04 Å². The van der Waals surface area contributed by atoms with Gasteiger partial charge in [-0.05, 0) is 18.2 Å². The van der Waals surface area contributed by atoms with Gasteiger partial charge in [0, 0.05) is 23.6 Å². The van der Waals surface area contributed by atoms with Gasteiger partial charge in [0.15, 0.2) is 0 Å². The molecule has 1 saturated heterocycles. The molecule has 0 aromatic heterocycles. The first-order valence-corrected chi connectivity index (χ1v) is 7.20. The quantitative estimate of drug-likeness (QED) is 0.882. The molecular weight excluding hydrogens is 288 g/mol. The van der Waals surface area contributed by atoms with Crippen LogP contribution in [0.5, 0.6) is 0 Å². The fourth-order valence-electron chi connectivity index (χ4n) is 1.99. The highest BCUT2D eigenvalue weighted by Gasteiger charge is 2.30. The molecule has 5 nitrogen and oxygen atoms in total. The minimum Gasteiger partial charge on any atom is -0.480 e. The van der Waals surface area contributed by atoms with Gasteiger partial charge in [0.25, 0.3) is 0 Å². The maximum absolute atomic E-state index is 11.3. The molecule has 1 amide bonds. The third-order valence-electron chi connectivity index (χ3n) is 2.96. The van der Waals surface area contributed by atoms with Crippen LogP contribution < -0.4 is 10.6 Å². The van der Waals surface area contributed by atoms with E-state index in [0.717, 1.165) is 5.75 Å². The van der Waals surface area contributed by atoms with Crippen LogP contribution in [-0.4, -0.2) is 41.1 Å². The summed E-state index contributed by atoms with van der Waals surface area (Å²) in [4.78, 5) is 24.1. The zero-order valence-corrected chi connectivity index (χ0v) is 11.6. The topological polar surface area (TPSA) is 83.6 Å². The summed E-state index contributed by atoms with van der Waals surface area (Å²) in [5.41, 5.74) is 6.11. The average molecular weight is 301 g/mol. The van der Waals surface area contributed by atoms with Crippen molar-refractivity contribution >= 4 is 40.9 Å². The molecule has 1 aromatic rings. The van der Waals surface area contributed by atoms with Crippen molar-refractivity contribution in [2.24, 2.45) is 5.73 Å². The molecule has 3 N–H and O–H groups in total. The van der Waals surface area contributed by atoms with Gasteiger partial charge in [0.05, 0.1) is 10.7 Å². The number of carbonyl (C=O) groups excluding carboxylic acids is 1. The molecule has 19 heavy (non-hydrogen) atoms. The van der Waals surface area contributed by atoms with Crippen LogP contribution >= 0.6 is 23.4 Å². The van der Waals surface area contributed by atoms with E-state index >= 15 is 0 Å². The van der Waals surface area contributed by atoms with Crippen LogP contribution in [-0.2, 0) is 4.79 Å². The Labute approximate surface area is 119 Å². The van der Waals surface area contributed by atoms with E-state index in [1.165, 1.54) is 6.07 Å². The predicted octanol–water partition coefficient (Wildman–Crippen LogP) is 1.45. The Kier molecular flexibility index (Phi) is 4.21. The van der Waals surface area contributed by atoms with Gasteiger partial charge < -0.3 is 15.7 Å². The molecule has 1 fully saturated rings. The molecule has 102 valence electrons. The van der Waals surface area contributed by atoms with E-state index in [-0.39, 0.29) is 0 Å². The van der Waals surface area contributed by atoms with Crippen LogP contribution in [0, 0.1) is 0 Å². The number of thioether (sulfide) groups is 1. The normalized spacial score (nSPS) is 19.2. The molecule has 1 aromatic carbocycles. The van der Waals surface area contributed by atoms with E-state index in [1.54, 1.807) is 28.8 Å². The molecule has 1 aliphatic heterocycles. The maximum atomic E-state index is 11.3. The number of nitrogens with two attached hydrogens (primary N) is 1. The number of hydrogen-bond acceptors (Lipinski definition) is 4. The molecule has 2 rings (SSSR count). The summed E-state index contributed by atoms with van der Waals surface area (Å²) in [6.45, 7) is 0.608. The Morgan fingerprint density at radius 3 is 2.79 bits per heavy atom. The summed E-state index contributed by atoms with van der Waals surface area (Å²) in [7, 11) is 0. The number of carbonyl (C=O) groups is 2. The van der Waals surface area contributed by atoms with Crippen LogP contribution in [0.3, 0.4) is 0 Å². The smallest absolute Gasteiger partial charge is 0.327 e. The predicted molar refractivity (Wildman–Crippen MR) is 76.1 cm³/mol. The summed E-state index contributed by atoms with van der Waals surface area (Å²) in [6, 6.07) is 4.08. The first-order valence-electron chi connectivity index (χ1n) is 5.67. The minimum atomic E-state index is -0.873. The second kappa shape index (κ2) is 5.71. The maximum Gasteiger partial charge on any atom is 0.327 e. The second-order valence-electron chi connectivity index (χ2n) is 4.15. The van der Waals surface area contributed by atoms with Crippen molar-refractivity contribution in [3.05, 3.63) is 28.8 Å². The third-order valence-corrected chi connectivity index (χ3v) is 4.28. The lowest BCUT2D eigenvalue weighted by Crippen LogP contribution is -2.47. The highest BCUT2D eigenvalue weighted by molar-refractivity contribution is 7.99. The Balaban J connectivity index is 2.34. The molecule has 1 unspecified atom stereocenters. The van der Waals surface area contributed by atoms with E-state index in [0.29, 0.717) is 28.6 Å². The highest BCUT2D eigenvalue weighted by Crippen LogP contribution is 2.31. The number of carboxylic acids is 1. The van der Waals surface area contributed by atoms with Gasteiger partial charge in [0.2, 0.25) is 5.91 Å². The molecule has 1 aliphatic rings. The van der Waals surface area contributed by atoms with Gasteiger partial charge in [-0.1, -0.05) is 11.6 Å². The molecular formula is C12H13ClN2O3S.